The Kier molecular flexibility index (Phi) is 4.29. The first-order valence-electron chi connectivity index (χ1n) is 7.59. The Morgan fingerprint density at radius 1 is 1.23 bits per heavy atom. The van der Waals surface area contributed by atoms with Crippen molar-refractivity contribution in [2.45, 2.75) is 31.6 Å². The number of β-amino-alcohol motifs (C(OH)–C–C–N with tert-alkyl or cyclic N) is 1. The molecule has 6 nitrogen and oxygen atoms in total. The van der Waals surface area contributed by atoms with Crippen LogP contribution in [0.5, 0.6) is 0 Å². The molecule has 0 aliphatic carbocycles. The first kappa shape index (κ1) is 14.8. The second-order valence-corrected chi connectivity index (χ2v) is 5.78. The van der Waals surface area contributed by atoms with Crippen LogP contribution < -0.4 is 0 Å². The van der Waals surface area contributed by atoms with Crippen LogP contribution in [-0.4, -0.2) is 58.7 Å². The average Bonchev–Trinajstić information content (AvgIpc) is 2.86. The van der Waals surface area contributed by atoms with Gasteiger partial charge in [-0.05, 0) is 12.0 Å². The lowest BCUT2D eigenvalue weighted by atomic mass is 10.1. The van der Waals surface area contributed by atoms with Gasteiger partial charge in [-0.25, -0.2) is 4.79 Å². The molecule has 2 saturated heterocycles. The van der Waals surface area contributed by atoms with Crippen molar-refractivity contribution >= 4 is 12.0 Å². The standard InChI is InChI=1S/C16H20N2O4/c19-13-9-14(15(20)17-7-4-8-17)18(10-13)16(21)22-11-12-5-2-1-3-6-12/h1-3,5-6,13-14,19H,4,7-11H2. The minimum absolute atomic E-state index is 0.0838. The number of carbonyl (C=O) groups excluding carboxylic acids is 2. The number of benzene rings is 1. The van der Waals surface area contributed by atoms with Gasteiger partial charge in [-0.15, -0.1) is 0 Å². The SMILES string of the molecule is O=C(C1CC(O)CN1C(=O)OCc1ccccc1)N1CCC1. The smallest absolute Gasteiger partial charge is 0.410 e. The molecule has 2 unspecified atom stereocenters. The maximum atomic E-state index is 12.3. The summed E-state index contributed by atoms with van der Waals surface area (Å²) >= 11 is 0. The van der Waals surface area contributed by atoms with Crippen LogP contribution in [0.2, 0.25) is 0 Å². The Balaban J connectivity index is 1.60. The van der Waals surface area contributed by atoms with E-state index in [1.165, 1.54) is 4.90 Å². The quantitative estimate of drug-likeness (QED) is 0.904. The van der Waals surface area contributed by atoms with Gasteiger partial charge in [-0.2, -0.15) is 0 Å². The molecule has 0 radical (unpaired) electrons. The number of hydrogen-bond donors (Lipinski definition) is 1. The number of likely N-dealkylation sites (tertiary alicyclic amines) is 2. The summed E-state index contributed by atoms with van der Waals surface area (Å²) in [6.07, 6.45) is 0.0775. The maximum Gasteiger partial charge on any atom is 0.410 e. The van der Waals surface area contributed by atoms with Crippen LogP contribution in [0.4, 0.5) is 4.79 Å². The Labute approximate surface area is 129 Å². The third-order valence-corrected chi connectivity index (χ3v) is 4.17. The highest BCUT2D eigenvalue weighted by Crippen LogP contribution is 2.23. The van der Waals surface area contributed by atoms with Crippen LogP contribution in [0, 0.1) is 0 Å². The lowest BCUT2D eigenvalue weighted by Crippen LogP contribution is -2.52. The van der Waals surface area contributed by atoms with Gasteiger partial charge >= 0.3 is 6.09 Å². The Morgan fingerprint density at radius 2 is 1.95 bits per heavy atom. The fourth-order valence-electron chi connectivity index (χ4n) is 2.80. The van der Waals surface area contributed by atoms with Gasteiger partial charge in [0, 0.05) is 19.5 Å². The van der Waals surface area contributed by atoms with Crippen LogP contribution in [0.1, 0.15) is 18.4 Å². The molecule has 2 aliphatic rings. The highest BCUT2D eigenvalue weighted by Gasteiger charge is 2.42. The van der Waals surface area contributed by atoms with Crippen LogP contribution >= 0.6 is 0 Å². The summed E-state index contributed by atoms with van der Waals surface area (Å²) in [5.74, 6) is -0.0838. The zero-order valence-corrected chi connectivity index (χ0v) is 12.4. The van der Waals surface area contributed by atoms with Crippen molar-refractivity contribution in [3.8, 4) is 0 Å². The van der Waals surface area contributed by atoms with Crippen molar-refractivity contribution in [1.82, 2.24) is 9.80 Å². The van der Waals surface area contributed by atoms with Crippen molar-refractivity contribution in [1.29, 1.82) is 0 Å². The third-order valence-electron chi connectivity index (χ3n) is 4.17. The summed E-state index contributed by atoms with van der Waals surface area (Å²) in [6, 6.07) is 8.78. The first-order valence-corrected chi connectivity index (χ1v) is 7.59. The number of nitrogens with zero attached hydrogens (tertiary/aromatic N) is 2. The number of aliphatic hydroxyl groups is 1. The Hall–Kier alpha value is -2.08. The van der Waals surface area contributed by atoms with E-state index in [1.54, 1.807) is 4.90 Å². The van der Waals surface area contributed by atoms with Crippen molar-refractivity contribution in [3.63, 3.8) is 0 Å². The van der Waals surface area contributed by atoms with Crippen LogP contribution in [0.25, 0.3) is 0 Å². The predicted octanol–water partition coefficient (Wildman–Crippen LogP) is 0.991. The number of carbonyl (C=O) groups is 2. The fourth-order valence-corrected chi connectivity index (χ4v) is 2.80. The largest absolute Gasteiger partial charge is 0.445 e. The van der Waals surface area contributed by atoms with E-state index in [4.69, 9.17) is 4.74 Å². The van der Waals surface area contributed by atoms with E-state index in [0.717, 1.165) is 25.1 Å². The van der Waals surface area contributed by atoms with E-state index >= 15 is 0 Å². The highest BCUT2D eigenvalue weighted by atomic mass is 16.6. The van der Waals surface area contributed by atoms with Gasteiger partial charge in [0.2, 0.25) is 5.91 Å². The normalized spacial score (nSPS) is 24.0. The molecular formula is C16H20N2O4. The number of rotatable bonds is 3. The zero-order valence-electron chi connectivity index (χ0n) is 12.4. The molecule has 2 amide bonds. The van der Waals surface area contributed by atoms with E-state index in [-0.39, 0.29) is 25.5 Å². The Morgan fingerprint density at radius 3 is 2.59 bits per heavy atom. The molecule has 118 valence electrons. The first-order chi connectivity index (χ1) is 10.6. The van der Waals surface area contributed by atoms with Gasteiger partial charge in [0.15, 0.2) is 0 Å². The van der Waals surface area contributed by atoms with Gasteiger partial charge in [0.1, 0.15) is 12.6 Å². The number of aliphatic hydroxyl groups excluding tert-OH is 1. The highest BCUT2D eigenvalue weighted by molar-refractivity contribution is 5.87. The molecule has 1 aromatic carbocycles. The van der Waals surface area contributed by atoms with Crippen LogP contribution in [0.3, 0.4) is 0 Å². The average molecular weight is 304 g/mol. The van der Waals surface area contributed by atoms with E-state index in [1.807, 2.05) is 30.3 Å². The molecule has 2 aliphatic heterocycles. The van der Waals surface area contributed by atoms with Gasteiger partial charge in [-0.1, -0.05) is 30.3 Å². The lowest BCUT2D eigenvalue weighted by molar-refractivity contribution is -0.139. The summed E-state index contributed by atoms with van der Waals surface area (Å²) in [4.78, 5) is 27.6. The van der Waals surface area contributed by atoms with Gasteiger partial charge in [0.25, 0.3) is 0 Å². The van der Waals surface area contributed by atoms with Crippen LogP contribution in [0.15, 0.2) is 30.3 Å². The summed E-state index contributed by atoms with van der Waals surface area (Å²) in [5, 5.41) is 9.81. The second kappa shape index (κ2) is 6.36. The number of ether oxygens (including phenoxy) is 1. The molecule has 1 N–H and O–H groups in total. The number of hydrogen-bond acceptors (Lipinski definition) is 4. The number of amides is 2. The monoisotopic (exact) mass is 304 g/mol. The maximum absolute atomic E-state index is 12.3. The summed E-state index contributed by atoms with van der Waals surface area (Å²) in [6.45, 7) is 1.78. The van der Waals surface area contributed by atoms with Crippen molar-refractivity contribution in [3.05, 3.63) is 35.9 Å². The molecule has 2 heterocycles. The summed E-state index contributed by atoms with van der Waals surface area (Å²) < 4.78 is 5.28. The summed E-state index contributed by atoms with van der Waals surface area (Å²) in [7, 11) is 0. The molecule has 2 fully saturated rings. The van der Waals surface area contributed by atoms with Crippen molar-refractivity contribution < 1.29 is 19.4 Å². The van der Waals surface area contributed by atoms with E-state index in [2.05, 4.69) is 0 Å². The lowest BCUT2D eigenvalue weighted by Gasteiger charge is -2.35. The second-order valence-electron chi connectivity index (χ2n) is 5.78. The van der Waals surface area contributed by atoms with Crippen LogP contribution in [-0.2, 0) is 16.1 Å². The molecule has 2 atom stereocenters. The topological polar surface area (TPSA) is 70.1 Å². The molecule has 22 heavy (non-hydrogen) atoms. The minimum Gasteiger partial charge on any atom is -0.445 e. The zero-order chi connectivity index (χ0) is 15.5. The van der Waals surface area contributed by atoms with E-state index in [9.17, 15) is 14.7 Å². The van der Waals surface area contributed by atoms with E-state index < -0.39 is 18.2 Å². The summed E-state index contributed by atoms with van der Waals surface area (Å²) in [5.41, 5.74) is 0.890. The van der Waals surface area contributed by atoms with Crippen molar-refractivity contribution in [2.75, 3.05) is 19.6 Å². The molecule has 3 rings (SSSR count). The molecule has 6 heteroatoms. The van der Waals surface area contributed by atoms with E-state index in [0.29, 0.717) is 0 Å². The van der Waals surface area contributed by atoms with Gasteiger partial charge in [0.05, 0.1) is 12.6 Å². The molecule has 0 bridgehead atoms. The predicted molar refractivity (Wildman–Crippen MR) is 78.9 cm³/mol. The molecule has 1 aromatic rings. The minimum atomic E-state index is -0.667. The van der Waals surface area contributed by atoms with Gasteiger partial charge < -0.3 is 14.7 Å². The third kappa shape index (κ3) is 3.06. The molecule has 0 saturated carbocycles. The fraction of sp³-hybridized carbons (Fsp3) is 0.500. The van der Waals surface area contributed by atoms with Crippen molar-refractivity contribution in [2.24, 2.45) is 0 Å². The molecule has 0 aromatic heterocycles. The molecule has 0 spiro atoms. The Bertz CT molecular complexity index is 544. The van der Waals surface area contributed by atoms with Gasteiger partial charge in [-0.3, -0.25) is 9.69 Å². The molecular weight excluding hydrogens is 284 g/mol.